The van der Waals surface area contributed by atoms with Crippen LogP contribution in [0.1, 0.15) is 28.8 Å². The molecule has 0 saturated carbocycles. The largest absolute Gasteiger partial charge is 0.465 e. The van der Waals surface area contributed by atoms with Crippen molar-refractivity contribution in [2.45, 2.75) is 24.3 Å². The first-order valence-corrected chi connectivity index (χ1v) is 11.4. The number of hydrogen-bond donors (Lipinski definition) is 1. The Labute approximate surface area is 176 Å². The second kappa shape index (κ2) is 9.71. The van der Waals surface area contributed by atoms with Crippen LogP contribution in [0, 0.1) is 5.92 Å². The highest BCUT2D eigenvalue weighted by Crippen LogP contribution is 2.24. The van der Waals surface area contributed by atoms with Crippen LogP contribution in [-0.2, 0) is 21.3 Å². The van der Waals surface area contributed by atoms with Gasteiger partial charge < -0.3 is 4.74 Å². The molecule has 1 atom stereocenters. The van der Waals surface area contributed by atoms with Crippen LogP contribution in [0.5, 0.6) is 0 Å². The molecule has 156 valence electrons. The lowest BCUT2D eigenvalue weighted by atomic mass is 9.98. The normalized spacial score (nSPS) is 17.8. The van der Waals surface area contributed by atoms with Crippen molar-refractivity contribution in [3.63, 3.8) is 0 Å². The highest BCUT2D eigenvalue weighted by Gasteiger charge is 2.24. The summed E-state index contributed by atoms with van der Waals surface area (Å²) in [6.45, 7) is 3.02. The van der Waals surface area contributed by atoms with E-state index in [1.807, 2.05) is 18.2 Å². The molecule has 3 rings (SSSR count). The van der Waals surface area contributed by atoms with Crippen molar-refractivity contribution in [1.82, 2.24) is 9.62 Å². The molecule has 1 heterocycles. The molecule has 1 N–H and O–H groups in total. The number of rotatable bonds is 7. The van der Waals surface area contributed by atoms with Crippen LogP contribution in [0.2, 0.25) is 5.02 Å². The average Bonchev–Trinajstić information content (AvgIpc) is 2.73. The Bertz CT molecular complexity index is 950. The molecule has 0 amide bonds. The zero-order chi connectivity index (χ0) is 20.9. The van der Waals surface area contributed by atoms with Crippen LogP contribution in [0.15, 0.2) is 53.4 Å². The predicted molar refractivity (Wildman–Crippen MR) is 112 cm³/mol. The van der Waals surface area contributed by atoms with E-state index in [0.717, 1.165) is 32.5 Å². The molecular weight excluding hydrogens is 412 g/mol. The fourth-order valence-corrected chi connectivity index (χ4v) is 5.20. The molecule has 1 saturated heterocycles. The minimum Gasteiger partial charge on any atom is -0.465 e. The fourth-order valence-electron chi connectivity index (χ4n) is 3.56. The Morgan fingerprint density at radius 2 is 2.00 bits per heavy atom. The van der Waals surface area contributed by atoms with E-state index < -0.39 is 16.0 Å². The second-order valence-corrected chi connectivity index (χ2v) is 9.36. The summed E-state index contributed by atoms with van der Waals surface area (Å²) in [5.74, 6) is -0.397. The van der Waals surface area contributed by atoms with Gasteiger partial charge in [0, 0.05) is 19.6 Å². The summed E-state index contributed by atoms with van der Waals surface area (Å²) >= 11 is 6.08. The van der Waals surface area contributed by atoms with E-state index in [0.29, 0.717) is 6.54 Å². The van der Waals surface area contributed by atoms with E-state index >= 15 is 0 Å². The number of esters is 1. The number of carbonyl (C=O) groups excluding carboxylic acids is 1. The Kier molecular flexibility index (Phi) is 7.29. The van der Waals surface area contributed by atoms with Gasteiger partial charge in [0.05, 0.1) is 17.7 Å². The number of benzene rings is 2. The van der Waals surface area contributed by atoms with Gasteiger partial charge in [0.25, 0.3) is 0 Å². The van der Waals surface area contributed by atoms with Crippen LogP contribution >= 0.6 is 11.6 Å². The lowest BCUT2D eigenvalue weighted by molar-refractivity contribution is 0.0600. The molecule has 8 heteroatoms. The van der Waals surface area contributed by atoms with Gasteiger partial charge in [-0.25, -0.2) is 17.9 Å². The van der Waals surface area contributed by atoms with Crippen LogP contribution in [0.4, 0.5) is 0 Å². The molecule has 1 unspecified atom stereocenters. The molecule has 0 radical (unpaired) electrons. The van der Waals surface area contributed by atoms with Gasteiger partial charge >= 0.3 is 5.97 Å². The van der Waals surface area contributed by atoms with Crippen LogP contribution < -0.4 is 4.72 Å². The topological polar surface area (TPSA) is 75.7 Å². The van der Waals surface area contributed by atoms with Crippen molar-refractivity contribution in [2.24, 2.45) is 5.92 Å². The number of likely N-dealkylation sites (tertiary alicyclic amines) is 1. The molecule has 1 aliphatic rings. The Hall–Kier alpha value is -1.93. The lowest BCUT2D eigenvalue weighted by Gasteiger charge is -2.32. The first kappa shape index (κ1) is 21.8. The van der Waals surface area contributed by atoms with Crippen molar-refractivity contribution in [3.8, 4) is 0 Å². The van der Waals surface area contributed by atoms with E-state index in [9.17, 15) is 13.2 Å². The summed E-state index contributed by atoms with van der Waals surface area (Å²) in [6, 6.07) is 14.3. The quantitative estimate of drug-likeness (QED) is 0.674. The average molecular weight is 437 g/mol. The van der Waals surface area contributed by atoms with Gasteiger partial charge in [-0.2, -0.15) is 0 Å². The monoisotopic (exact) mass is 436 g/mol. The third-order valence-corrected chi connectivity index (χ3v) is 6.96. The number of carbonyl (C=O) groups is 1. The Morgan fingerprint density at radius 1 is 1.24 bits per heavy atom. The third-order valence-electron chi connectivity index (χ3n) is 5.06. The maximum absolute atomic E-state index is 12.8. The molecule has 6 nitrogen and oxygen atoms in total. The lowest BCUT2D eigenvalue weighted by Crippen LogP contribution is -2.40. The number of halogens is 1. The van der Waals surface area contributed by atoms with Crippen molar-refractivity contribution in [3.05, 3.63) is 64.7 Å². The number of nitrogens with one attached hydrogen (secondary N) is 1. The fraction of sp³-hybridized carbons (Fsp3) is 0.381. The molecule has 1 fully saturated rings. The van der Waals surface area contributed by atoms with Crippen LogP contribution in [0.25, 0.3) is 0 Å². The molecule has 0 aliphatic carbocycles. The molecule has 2 aromatic carbocycles. The van der Waals surface area contributed by atoms with Gasteiger partial charge in [0.1, 0.15) is 4.90 Å². The number of nitrogens with zero attached hydrogens (tertiary/aromatic N) is 1. The standard InChI is InChI=1S/C21H25ClN2O4S/c1-28-21(25)18-9-10-19(22)20(12-18)29(26,27)23-13-17-8-5-11-24(15-17)14-16-6-3-2-4-7-16/h2-4,6-7,9-10,12,17,23H,5,8,11,13-15H2,1H3. The molecule has 0 aromatic heterocycles. The molecule has 1 aliphatic heterocycles. The first-order valence-electron chi connectivity index (χ1n) is 9.53. The summed E-state index contributed by atoms with van der Waals surface area (Å²) in [7, 11) is -2.60. The third kappa shape index (κ3) is 5.79. The summed E-state index contributed by atoms with van der Waals surface area (Å²) < 4.78 is 32.9. The predicted octanol–water partition coefficient (Wildman–Crippen LogP) is 3.32. The molecule has 0 spiro atoms. The van der Waals surface area contributed by atoms with Gasteiger partial charge in [-0.3, -0.25) is 4.90 Å². The summed E-state index contributed by atoms with van der Waals surface area (Å²) in [5.41, 5.74) is 1.39. The smallest absolute Gasteiger partial charge is 0.337 e. The van der Waals surface area contributed by atoms with Crippen molar-refractivity contribution < 1.29 is 17.9 Å². The zero-order valence-electron chi connectivity index (χ0n) is 16.3. The van der Waals surface area contributed by atoms with E-state index in [2.05, 4.69) is 26.5 Å². The summed E-state index contributed by atoms with van der Waals surface area (Å²) in [6.07, 6.45) is 1.99. The summed E-state index contributed by atoms with van der Waals surface area (Å²) in [4.78, 5) is 13.9. The maximum atomic E-state index is 12.8. The molecule has 2 aromatic rings. The zero-order valence-corrected chi connectivity index (χ0v) is 17.9. The highest BCUT2D eigenvalue weighted by molar-refractivity contribution is 7.89. The molecular formula is C21H25ClN2O4S. The van der Waals surface area contributed by atoms with E-state index in [4.69, 9.17) is 11.6 Å². The van der Waals surface area contributed by atoms with E-state index in [-0.39, 0.29) is 21.4 Å². The Balaban J connectivity index is 1.63. The number of sulfonamides is 1. The summed E-state index contributed by atoms with van der Waals surface area (Å²) in [5, 5.41) is 0.0690. The van der Waals surface area contributed by atoms with Crippen molar-refractivity contribution in [1.29, 1.82) is 0 Å². The molecule has 0 bridgehead atoms. The minimum absolute atomic E-state index is 0.0690. The molecule has 29 heavy (non-hydrogen) atoms. The minimum atomic E-state index is -3.84. The van der Waals surface area contributed by atoms with Crippen LogP contribution in [0.3, 0.4) is 0 Å². The highest BCUT2D eigenvalue weighted by atomic mass is 35.5. The van der Waals surface area contributed by atoms with Crippen molar-refractivity contribution >= 4 is 27.6 Å². The number of hydrogen-bond acceptors (Lipinski definition) is 5. The SMILES string of the molecule is COC(=O)c1ccc(Cl)c(S(=O)(=O)NCC2CCCN(Cc3ccccc3)C2)c1. The number of ether oxygens (including phenoxy) is 1. The Morgan fingerprint density at radius 3 is 2.72 bits per heavy atom. The van der Waals surface area contributed by atoms with E-state index in [1.54, 1.807) is 0 Å². The maximum Gasteiger partial charge on any atom is 0.337 e. The second-order valence-electron chi connectivity index (χ2n) is 7.22. The van der Waals surface area contributed by atoms with Crippen molar-refractivity contribution in [2.75, 3.05) is 26.7 Å². The van der Waals surface area contributed by atoms with Crippen LogP contribution in [-0.4, -0.2) is 46.0 Å². The van der Waals surface area contributed by atoms with E-state index in [1.165, 1.54) is 30.9 Å². The first-order chi connectivity index (χ1) is 13.9. The number of methoxy groups -OCH3 is 1. The number of piperidine rings is 1. The van der Waals surface area contributed by atoms with Gasteiger partial charge in [-0.15, -0.1) is 0 Å². The van der Waals surface area contributed by atoms with Gasteiger partial charge in [0.2, 0.25) is 10.0 Å². The van der Waals surface area contributed by atoms with Gasteiger partial charge in [0.15, 0.2) is 0 Å². The van der Waals surface area contributed by atoms with Gasteiger partial charge in [-0.1, -0.05) is 41.9 Å². The van der Waals surface area contributed by atoms with Gasteiger partial charge in [-0.05, 0) is 49.1 Å².